The minimum absolute atomic E-state index is 0. The third-order valence-corrected chi connectivity index (χ3v) is 4.05. The molecule has 1 aliphatic carbocycles. The quantitative estimate of drug-likeness (QED) is 0.887. The van der Waals surface area contributed by atoms with Gasteiger partial charge in [-0.25, -0.2) is 0 Å². The predicted octanol–water partition coefficient (Wildman–Crippen LogP) is 3.12. The number of benzene rings is 1. The fourth-order valence-corrected chi connectivity index (χ4v) is 2.80. The number of carbonyl (C=O) groups excluding carboxylic acids is 1. The van der Waals surface area contributed by atoms with Crippen molar-refractivity contribution in [2.45, 2.75) is 32.0 Å². The fourth-order valence-electron chi connectivity index (χ4n) is 2.80. The second-order valence-corrected chi connectivity index (χ2v) is 5.45. The van der Waals surface area contributed by atoms with Crippen molar-refractivity contribution >= 4 is 18.3 Å². The molecule has 0 bridgehead atoms. The maximum absolute atomic E-state index is 12.4. The first kappa shape index (κ1) is 18.8. The molecule has 3 N–H and O–H groups in total. The van der Waals surface area contributed by atoms with E-state index < -0.39 is 11.7 Å². The maximum atomic E-state index is 12.4. The lowest BCUT2D eigenvalue weighted by molar-refractivity contribution is -0.137. The number of halogens is 4. The highest BCUT2D eigenvalue weighted by Crippen LogP contribution is 2.31. The summed E-state index contributed by atoms with van der Waals surface area (Å²) >= 11 is 0. The molecule has 2 rings (SSSR count). The minimum Gasteiger partial charge on any atom is -0.352 e. The molecule has 1 aliphatic rings. The number of nitrogens with two attached hydrogens (primary N) is 1. The van der Waals surface area contributed by atoms with E-state index in [9.17, 15) is 18.0 Å². The van der Waals surface area contributed by atoms with E-state index in [0.29, 0.717) is 12.1 Å². The summed E-state index contributed by atoms with van der Waals surface area (Å²) in [4.78, 5) is 12.1. The van der Waals surface area contributed by atoms with Crippen LogP contribution in [0.25, 0.3) is 0 Å². The zero-order valence-electron chi connectivity index (χ0n) is 12.0. The largest absolute Gasteiger partial charge is 0.416 e. The Balaban J connectivity index is 0.00000242. The maximum Gasteiger partial charge on any atom is 0.416 e. The number of hydrogen-bond acceptors (Lipinski definition) is 2. The number of amides is 1. The highest BCUT2D eigenvalue weighted by atomic mass is 35.5. The summed E-state index contributed by atoms with van der Waals surface area (Å²) in [6.45, 7) is 0.739. The van der Waals surface area contributed by atoms with Gasteiger partial charge >= 0.3 is 6.18 Å². The van der Waals surface area contributed by atoms with E-state index >= 15 is 0 Å². The van der Waals surface area contributed by atoms with E-state index in [1.54, 1.807) is 0 Å². The van der Waals surface area contributed by atoms with Crippen LogP contribution in [-0.2, 0) is 17.5 Å². The van der Waals surface area contributed by atoms with Gasteiger partial charge in [-0.05, 0) is 43.0 Å². The topological polar surface area (TPSA) is 55.1 Å². The Kier molecular flexibility index (Phi) is 6.68. The third-order valence-electron chi connectivity index (χ3n) is 4.05. The summed E-state index contributed by atoms with van der Waals surface area (Å²) in [5, 5.41) is 2.79. The number of rotatable bonds is 4. The number of nitrogens with one attached hydrogen (secondary N) is 1. The summed E-state index contributed by atoms with van der Waals surface area (Å²) in [7, 11) is 0. The lowest BCUT2D eigenvalue weighted by Gasteiger charge is -2.17. The fraction of sp³-hybridized carbons (Fsp3) is 0.533. The van der Waals surface area contributed by atoms with Crippen molar-refractivity contribution in [3.8, 4) is 0 Å². The zero-order valence-corrected chi connectivity index (χ0v) is 12.8. The van der Waals surface area contributed by atoms with Gasteiger partial charge in [-0.15, -0.1) is 12.4 Å². The van der Waals surface area contributed by atoms with Crippen LogP contribution in [0.5, 0.6) is 0 Å². The van der Waals surface area contributed by atoms with Crippen LogP contribution in [0.15, 0.2) is 24.3 Å². The van der Waals surface area contributed by atoms with Crippen molar-refractivity contribution in [2.24, 2.45) is 17.6 Å². The standard InChI is InChI=1S/C15H19F3N2O.ClH/c16-15(17,18)12-6-4-10(5-7-12)9-20-14(21)13-3-1-2-11(13)8-19;/h4-7,11,13H,1-3,8-9,19H2,(H,20,21);1H/t11-,13-;/m1./s1. The van der Waals surface area contributed by atoms with Crippen molar-refractivity contribution in [1.29, 1.82) is 0 Å². The molecule has 1 fully saturated rings. The molecule has 2 atom stereocenters. The summed E-state index contributed by atoms with van der Waals surface area (Å²) < 4.78 is 37.3. The van der Waals surface area contributed by atoms with Crippen molar-refractivity contribution in [1.82, 2.24) is 5.32 Å². The van der Waals surface area contributed by atoms with Gasteiger partial charge < -0.3 is 11.1 Å². The first-order chi connectivity index (χ1) is 9.91. The van der Waals surface area contributed by atoms with E-state index in [-0.39, 0.29) is 36.7 Å². The molecule has 1 aromatic carbocycles. The normalized spacial score (nSPS) is 21.3. The van der Waals surface area contributed by atoms with Crippen LogP contribution in [0.4, 0.5) is 13.2 Å². The average Bonchev–Trinajstić information content (AvgIpc) is 2.92. The summed E-state index contributed by atoms with van der Waals surface area (Å²) in [5.74, 6) is 0.102. The van der Waals surface area contributed by atoms with Gasteiger partial charge in [0.25, 0.3) is 0 Å². The van der Waals surface area contributed by atoms with Gasteiger partial charge in [0.15, 0.2) is 0 Å². The van der Waals surface area contributed by atoms with Gasteiger partial charge in [-0.2, -0.15) is 13.2 Å². The molecule has 0 radical (unpaired) electrons. The molecule has 0 aromatic heterocycles. The number of hydrogen-bond donors (Lipinski definition) is 2. The second-order valence-electron chi connectivity index (χ2n) is 5.45. The van der Waals surface area contributed by atoms with Gasteiger partial charge in [0, 0.05) is 12.5 Å². The second kappa shape index (κ2) is 7.83. The van der Waals surface area contributed by atoms with E-state index in [0.717, 1.165) is 31.4 Å². The SMILES string of the molecule is Cl.NC[C@H]1CCC[C@H]1C(=O)NCc1ccc(C(F)(F)F)cc1. The highest BCUT2D eigenvalue weighted by Gasteiger charge is 2.32. The van der Waals surface area contributed by atoms with E-state index in [2.05, 4.69) is 5.32 Å². The van der Waals surface area contributed by atoms with Crippen molar-refractivity contribution < 1.29 is 18.0 Å². The van der Waals surface area contributed by atoms with Gasteiger partial charge in [0.2, 0.25) is 5.91 Å². The smallest absolute Gasteiger partial charge is 0.352 e. The van der Waals surface area contributed by atoms with Crippen LogP contribution >= 0.6 is 12.4 Å². The molecule has 0 spiro atoms. The van der Waals surface area contributed by atoms with E-state index in [4.69, 9.17) is 5.73 Å². The molecule has 3 nitrogen and oxygen atoms in total. The molecule has 7 heteroatoms. The van der Waals surface area contributed by atoms with Gasteiger partial charge in [-0.1, -0.05) is 18.6 Å². The molecule has 1 saturated carbocycles. The van der Waals surface area contributed by atoms with Crippen molar-refractivity contribution in [2.75, 3.05) is 6.54 Å². The number of alkyl halides is 3. The summed E-state index contributed by atoms with van der Waals surface area (Å²) in [6, 6.07) is 4.83. The van der Waals surface area contributed by atoms with Crippen LogP contribution in [0, 0.1) is 11.8 Å². The average molecular weight is 337 g/mol. The van der Waals surface area contributed by atoms with E-state index in [1.165, 1.54) is 12.1 Å². The monoisotopic (exact) mass is 336 g/mol. The van der Waals surface area contributed by atoms with Gasteiger partial charge in [-0.3, -0.25) is 4.79 Å². The Morgan fingerprint density at radius 3 is 2.41 bits per heavy atom. The molecule has 0 aliphatic heterocycles. The van der Waals surface area contributed by atoms with Crippen LogP contribution in [-0.4, -0.2) is 12.5 Å². The molecule has 1 aromatic rings. The molecule has 124 valence electrons. The third kappa shape index (κ3) is 4.61. The predicted molar refractivity (Wildman–Crippen MR) is 80.4 cm³/mol. The zero-order chi connectivity index (χ0) is 15.5. The summed E-state index contributed by atoms with van der Waals surface area (Å²) in [5.41, 5.74) is 5.61. The Morgan fingerprint density at radius 1 is 1.23 bits per heavy atom. The first-order valence-corrected chi connectivity index (χ1v) is 7.05. The van der Waals surface area contributed by atoms with E-state index in [1.807, 2.05) is 0 Å². The summed E-state index contributed by atoms with van der Waals surface area (Å²) in [6.07, 6.45) is -1.53. The molecule has 0 saturated heterocycles. The molecule has 1 amide bonds. The van der Waals surface area contributed by atoms with Gasteiger partial charge in [0.1, 0.15) is 0 Å². The van der Waals surface area contributed by atoms with Gasteiger partial charge in [0.05, 0.1) is 5.56 Å². The van der Waals surface area contributed by atoms with Crippen molar-refractivity contribution in [3.05, 3.63) is 35.4 Å². The Labute approximate surface area is 133 Å². The first-order valence-electron chi connectivity index (χ1n) is 7.05. The van der Waals surface area contributed by atoms with Crippen LogP contribution in [0.2, 0.25) is 0 Å². The van der Waals surface area contributed by atoms with Crippen molar-refractivity contribution in [3.63, 3.8) is 0 Å². The Bertz CT molecular complexity index is 491. The molecular weight excluding hydrogens is 317 g/mol. The lowest BCUT2D eigenvalue weighted by Crippen LogP contribution is -2.34. The number of carbonyl (C=O) groups is 1. The Hall–Kier alpha value is -1.27. The Morgan fingerprint density at radius 2 is 1.86 bits per heavy atom. The highest BCUT2D eigenvalue weighted by molar-refractivity contribution is 5.85. The minimum atomic E-state index is -4.33. The van der Waals surface area contributed by atoms with Crippen LogP contribution in [0.1, 0.15) is 30.4 Å². The molecule has 0 unspecified atom stereocenters. The van der Waals surface area contributed by atoms with Crippen LogP contribution < -0.4 is 11.1 Å². The molecular formula is C15H20ClF3N2O. The lowest BCUT2D eigenvalue weighted by atomic mass is 9.95. The molecule has 22 heavy (non-hydrogen) atoms. The van der Waals surface area contributed by atoms with Crippen LogP contribution in [0.3, 0.4) is 0 Å². The molecule has 0 heterocycles.